The summed E-state index contributed by atoms with van der Waals surface area (Å²) >= 11 is 0. The van der Waals surface area contributed by atoms with Crippen molar-refractivity contribution in [2.75, 3.05) is 5.32 Å². The summed E-state index contributed by atoms with van der Waals surface area (Å²) in [6.07, 6.45) is 1.90. The molecule has 6 heteroatoms. The second-order valence-electron chi connectivity index (χ2n) is 9.40. The van der Waals surface area contributed by atoms with Gasteiger partial charge in [0, 0.05) is 28.4 Å². The van der Waals surface area contributed by atoms with Gasteiger partial charge in [-0.2, -0.15) is 10.2 Å². The fraction of sp³-hybridized carbons (Fsp3) is 0.0909. The number of benzene rings is 4. The largest absolute Gasteiger partial charge is 0.353 e. The molecule has 0 saturated carbocycles. The smallest absolute Gasteiger partial charge is 0.224 e. The first-order chi connectivity index (χ1) is 19.2. The maximum atomic E-state index is 12.7. The first kappa shape index (κ1) is 24.2. The lowest BCUT2D eigenvalue weighted by Crippen LogP contribution is -2.11. The Morgan fingerprint density at radius 1 is 0.744 bits per heavy atom. The Morgan fingerprint density at radius 2 is 1.46 bits per heavy atom. The molecule has 4 aromatic carbocycles. The van der Waals surface area contributed by atoms with Crippen molar-refractivity contribution in [3.8, 4) is 11.4 Å². The summed E-state index contributed by atoms with van der Waals surface area (Å²) in [6.45, 7) is 0. The Hall–Kier alpha value is -5.10. The van der Waals surface area contributed by atoms with Crippen LogP contribution in [-0.2, 0) is 11.2 Å². The number of nitrogens with one attached hydrogen (secondary N) is 2. The monoisotopic (exact) mass is 509 g/mol. The molecule has 0 saturated heterocycles. The van der Waals surface area contributed by atoms with Crippen LogP contribution in [0.4, 0.5) is 17.1 Å². The molecule has 39 heavy (non-hydrogen) atoms. The maximum Gasteiger partial charge on any atom is 0.224 e. The van der Waals surface area contributed by atoms with Gasteiger partial charge in [-0.15, -0.1) is 0 Å². The molecule has 0 unspecified atom stereocenters. The summed E-state index contributed by atoms with van der Waals surface area (Å²) in [5, 5.41) is 13.8. The summed E-state index contributed by atoms with van der Waals surface area (Å²) in [7, 11) is 0. The highest BCUT2D eigenvalue weighted by Gasteiger charge is 2.15. The van der Waals surface area contributed by atoms with Crippen LogP contribution in [0.1, 0.15) is 18.4 Å². The molecule has 6 aromatic rings. The lowest BCUT2D eigenvalue weighted by atomic mass is 10.0. The van der Waals surface area contributed by atoms with Gasteiger partial charge in [0.25, 0.3) is 0 Å². The van der Waals surface area contributed by atoms with E-state index < -0.39 is 0 Å². The maximum absolute atomic E-state index is 12.7. The van der Waals surface area contributed by atoms with Gasteiger partial charge in [0.15, 0.2) is 0 Å². The molecule has 0 aliphatic heterocycles. The number of aromatic amines is 1. The molecule has 0 fully saturated rings. The van der Waals surface area contributed by atoms with Gasteiger partial charge in [-0.3, -0.25) is 4.79 Å². The molecule has 0 aliphatic carbocycles. The fourth-order valence-corrected chi connectivity index (χ4v) is 4.75. The molecule has 0 bridgehead atoms. The van der Waals surface area contributed by atoms with Crippen LogP contribution >= 0.6 is 0 Å². The number of hydrogen-bond donors (Lipinski definition) is 2. The second-order valence-corrected chi connectivity index (χ2v) is 9.40. The van der Waals surface area contributed by atoms with Crippen LogP contribution in [-0.4, -0.2) is 15.9 Å². The van der Waals surface area contributed by atoms with E-state index in [1.807, 2.05) is 84.9 Å². The Labute approximate surface area is 226 Å². The van der Waals surface area contributed by atoms with Crippen molar-refractivity contribution in [2.24, 2.45) is 10.2 Å². The van der Waals surface area contributed by atoms with E-state index in [1.54, 1.807) is 0 Å². The highest BCUT2D eigenvalue weighted by molar-refractivity contribution is 5.92. The van der Waals surface area contributed by atoms with Crippen molar-refractivity contribution in [1.29, 1.82) is 0 Å². The first-order valence-electron chi connectivity index (χ1n) is 13.1. The van der Waals surface area contributed by atoms with Crippen LogP contribution in [0.3, 0.4) is 0 Å². The molecule has 0 aliphatic rings. The van der Waals surface area contributed by atoms with Crippen LogP contribution in [0.5, 0.6) is 0 Å². The lowest BCUT2D eigenvalue weighted by molar-refractivity contribution is -0.116. The van der Waals surface area contributed by atoms with Crippen molar-refractivity contribution < 1.29 is 4.79 Å². The molecular weight excluding hydrogens is 482 g/mol. The number of aromatic nitrogens is 2. The predicted molar refractivity (Wildman–Crippen MR) is 158 cm³/mol. The van der Waals surface area contributed by atoms with Crippen molar-refractivity contribution in [3.63, 3.8) is 0 Å². The molecule has 1 amide bonds. The molecular formula is C33H27N5O. The van der Waals surface area contributed by atoms with Crippen molar-refractivity contribution in [2.45, 2.75) is 19.3 Å². The average molecular weight is 510 g/mol. The van der Waals surface area contributed by atoms with Crippen LogP contribution < -0.4 is 5.32 Å². The van der Waals surface area contributed by atoms with Crippen molar-refractivity contribution in [1.82, 2.24) is 9.97 Å². The quantitative estimate of drug-likeness (QED) is 0.201. The minimum absolute atomic E-state index is 0.0149. The minimum atomic E-state index is -0.0149. The average Bonchev–Trinajstić information content (AvgIpc) is 3.35. The van der Waals surface area contributed by atoms with Gasteiger partial charge >= 0.3 is 0 Å². The highest BCUT2D eigenvalue weighted by atomic mass is 16.1. The number of H-pyrrole nitrogens is 1. The third-order valence-electron chi connectivity index (χ3n) is 6.69. The van der Waals surface area contributed by atoms with Gasteiger partial charge in [-0.05, 0) is 73.0 Å². The molecule has 6 nitrogen and oxygen atoms in total. The van der Waals surface area contributed by atoms with E-state index in [-0.39, 0.29) is 5.91 Å². The van der Waals surface area contributed by atoms with Gasteiger partial charge < -0.3 is 10.3 Å². The second kappa shape index (κ2) is 11.1. The Kier molecular flexibility index (Phi) is 6.91. The molecule has 0 spiro atoms. The highest BCUT2D eigenvalue weighted by Crippen LogP contribution is 2.31. The van der Waals surface area contributed by atoms with E-state index in [4.69, 9.17) is 4.98 Å². The topological polar surface area (TPSA) is 82.5 Å². The normalized spacial score (nSPS) is 11.4. The summed E-state index contributed by atoms with van der Waals surface area (Å²) < 4.78 is 0. The number of carbonyl (C=O) groups excluding carboxylic acids is 1. The Bertz CT molecular complexity index is 1770. The molecule has 6 rings (SSSR count). The number of aryl methyl sites for hydroxylation is 1. The van der Waals surface area contributed by atoms with Crippen LogP contribution in [0.25, 0.3) is 33.2 Å². The number of para-hydroxylation sites is 2. The molecule has 2 aromatic heterocycles. The lowest BCUT2D eigenvalue weighted by Gasteiger charge is -2.08. The van der Waals surface area contributed by atoms with Gasteiger partial charge in [0.1, 0.15) is 0 Å². The number of rotatable bonds is 8. The van der Waals surface area contributed by atoms with E-state index >= 15 is 0 Å². The molecule has 190 valence electrons. The van der Waals surface area contributed by atoms with Gasteiger partial charge in [-0.25, -0.2) is 4.98 Å². The number of anilines is 1. The number of carbonyl (C=O) groups is 1. The van der Waals surface area contributed by atoms with Crippen LogP contribution in [0.15, 0.2) is 125 Å². The number of pyridine rings is 1. The molecule has 0 radical (unpaired) electrons. The number of nitrogens with zero attached hydrogens (tertiary/aromatic N) is 3. The summed E-state index contributed by atoms with van der Waals surface area (Å²) in [5.74, 6) is -0.0149. The predicted octanol–water partition coefficient (Wildman–Crippen LogP) is 8.76. The van der Waals surface area contributed by atoms with Crippen molar-refractivity contribution >= 4 is 44.8 Å². The summed E-state index contributed by atoms with van der Waals surface area (Å²) in [4.78, 5) is 21.2. The zero-order valence-corrected chi connectivity index (χ0v) is 21.3. The van der Waals surface area contributed by atoms with E-state index in [9.17, 15) is 4.79 Å². The van der Waals surface area contributed by atoms with Crippen molar-refractivity contribution in [3.05, 3.63) is 121 Å². The SMILES string of the molecule is O=C(CCCc1c(-c2ccc3ccccc3n2)[nH]c2ccccc12)Nc1ccc(N=Nc2ccccc2)cc1. The third kappa shape index (κ3) is 5.60. The van der Waals surface area contributed by atoms with Gasteiger partial charge in [0.05, 0.1) is 28.3 Å². The molecule has 2 heterocycles. The van der Waals surface area contributed by atoms with Gasteiger partial charge in [0.2, 0.25) is 5.91 Å². The van der Waals surface area contributed by atoms with E-state index in [2.05, 4.69) is 50.9 Å². The minimum Gasteiger partial charge on any atom is -0.353 e. The number of amides is 1. The Balaban J connectivity index is 1.12. The molecule has 2 N–H and O–H groups in total. The fourth-order valence-electron chi connectivity index (χ4n) is 4.75. The number of fused-ring (bicyclic) bond motifs is 2. The first-order valence-corrected chi connectivity index (χ1v) is 13.1. The number of azo groups is 1. The van der Waals surface area contributed by atoms with E-state index in [1.165, 1.54) is 10.9 Å². The summed E-state index contributed by atoms with van der Waals surface area (Å²) in [6, 6.07) is 37.6. The Morgan fingerprint density at radius 3 is 2.31 bits per heavy atom. The van der Waals surface area contributed by atoms with E-state index in [0.717, 1.165) is 57.7 Å². The standard InChI is InChI=1S/C33H27N5O/c39-32(34-24-18-20-26(21-19-24)38-37-25-10-2-1-3-11-25)16-8-13-28-27-12-5-7-15-30(27)36-33(28)31-22-17-23-9-4-6-14-29(23)35-31/h1-7,9-12,14-15,17-22,36H,8,13,16H2,(H,34,39). The zero-order valence-electron chi connectivity index (χ0n) is 21.3. The molecule has 0 atom stereocenters. The zero-order chi connectivity index (χ0) is 26.4. The van der Waals surface area contributed by atoms with Gasteiger partial charge in [-0.1, -0.05) is 60.7 Å². The third-order valence-corrected chi connectivity index (χ3v) is 6.69. The number of hydrogen-bond acceptors (Lipinski definition) is 4. The van der Waals surface area contributed by atoms with Crippen LogP contribution in [0, 0.1) is 0 Å². The van der Waals surface area contributed by atoms with Crippen LogP contribution in [0.2, 0.25) is 0 Å². The summed E-state index contributed by atoms with van der Waals surface area (Å²) in [5.41, 5.74) is 7.42. The van der Waals surface area contributed by atoms with E-state index in [0.29, 0.717) is 6.42 Å².